The predicted molar refractivity (Wildman–Crippen MR) is 117 cm³/mol. The van der Waals surface area contributed by atoms with Gasteiger partial charge in [-0.05, 0) is 61.3 Å². The van der Waals surface area contributed by atoms with Crippen LogP contribution in [0.5, 0.6) is 11.5 Å². The molecule has 5 nitrogen and oxygen atoms in total. The summed E-state index contributed by atoms with van der Waals surface area (Å²) in [6.45, 7) is 6.19. The lowest BCUT2D eigenvalue weighted by atomic mass is 9.59. The molecule has 4 rings (SSSR count). The van der Waals surface area contributed by atoms with E-state index in [1.54, 1.807) is 19.8 Å². The van der Waals surface area contributed by atoms with Gasteiger partial charge in [-0.25, -0.2) is 0 Å². The van der Waals surface area contributed by atoms with Crippen LogP contribution in [0.2, 0.25) is 0 Å². The summed E-state index contributed by atoms with van der Waals surface area (Å²) >= 11 is 0. The van der Waals surface area contributed by atoms with Gasteiger partial charge in [-0.1, -0.05) is 38.0 Å². The summed E-state index contributed by atoms with van der Waals surface area (Å²) in [6, 6.07) is 6.00. The number of esters is 1. The molecule has 164 valence electrons. The van der Waals surface area contributed by atoms with Gasteiger partial charge in [0, 0.05) is 12.5 Å². The maximum atomic E-state index is 12.6. The largest absolute Gasteiger partial charge is 0.493 e. The lowest BCUT2D eigenvalue weighted by Crippen LogP contribution is -2.40. The number of nitrogens with one attached hydrogen (secondary N) is 1. The van der Waals surface area contributed by atoms with Gasteiger partial charge >= 0.3 is 5.97 Å². The molecule has 1 saturated carbocycles. The van der Waals surface area contributed by atoms with E-state index >= 15 is 0 Å². The van der Waals surface area contributed by atoms with E-state index in [-0.39, 0.29) is 29.3 Å². The van der Waals surface area contributed by atoms with Crippen molar-refractivity contribution in [3.8, 4) is 11.5 Å². The minimum absolute atomic E-state index is 0.0321. The number of allylic oxidation sites excluding steroid dienone is 1. The van der Waals surface area contributed by atoms with Gasteiger partial charge < -0.3 is 19.5 Å². The van der Waals surface area contributed by atoms with Gasteiger partial charge in [0.1, 0.15) is 6.10 Å². The van der Waals surface area contributed by atoms with Crippen LogP contribution in [0.15, 0.2) is 29.8 Å². The third-order valence-corrected chi connectivity index (χ3v) is 7.48. The van der Waals surface area contributed by atoms with Crippen LogP contribution in [0.3, 0.4) is 0 Å². The fourth-order valence-electron chi connectivity index (χ4n) is 5.81. The Bertz CT molecular complexity index is 819. The number of methoxy groups -OCH3 is 2. The second-order valence-electron chi connectivity index (χ2n) is 9.48. The van der Waals surface area contributed by atoms with E-state index in [2.05, 4.69) is 31.3 Å². The average molecular weight is 414 g/mol. The number of fused-ring (bicyclic) bond motifs is 2. The maximum absolute atomic E-state index is 12.6. The molecule has 0 bridgehead atoms. The molecule has 1 N–H and O–H groups in total. The van der Waals surface area contributed by atoms with E-state index in [0.29, 0.717) is 12.5 Å². The molecule has 2 aliphatic carbocycles. The maximum Gasteiger partial charge on any atom is 0.311 e. The molecule has 0 spiro atoms. The van der Waals surface area contributed by atoms with Crippen molar-refractivity contribution in [1.82, 2.24) is 5.32 Å². The lowest BCUT2D eigenvalue weighted by molar-refractivity contribution is -0.145. The van der Waals surface area contributed by atoms with Crippen LogP contribution < -0.4 is 14.8 Å². The number of carbonyl (C=O) groups is 1. The molecule has 1 aliphatic heterocycles. The molecule has 30 heavy (non-hydrogen) atoms. The fraction of sp³-hybridized carbons (Fsp3) is 0.640. The van der Waals surface area contributed by atoms with Gasteiger partial charge in [0.05, 0.1) is 20.1 Å². The number of hydrogen-bond donors (Lipinski definition) is 1. The molecule has 1 heterocycles. The van der Waals surface area contributed by atoms with Crippen LogP contribution in [0, 0.1) is 23.2 Å². The Labute approximate surface area is 180 Å². The summed E-state index contributed by atoms with van der Waals surface area (Å²) in [5.41, 5.74) is 2.97. The van der Waals surface area contributed by atoms with Crippen LogP contribution in [0.25, 0.3) is 0 Å². The summed E-state index contributed by atoms with van der Waals surface area (Å²) < 4.78 is 16.5. The number of rotatable bonds is 7. The SMILES string of the molecule is COc1ccc(CCNC[C@@H]2C(=O)O[C@@H]3C[C@]4(C)CCC[C@@H](C)C4=C[C@@H]23)cc1OC. The minimum atomic E-state index is -0.0772. The summed E-state index contributed by atoms with van der Waals surface area (Å²) in [4.78, 5) is 12.6. The Morgan fingerprint density at radius 1 is 1.23 bits per heavy atom. The van der Waals surface area contributed by atoms with Crippen molar-refractivity contribution >= 4 is 5.97 Å². The van der Waals surface area contributed by atoms with Gasteiger partial charge in [-0.15, -0.1) is 0 Å². The van der Waals surface area contributed by atoms with Crippen LogP contribution in [-0.4, -0.2) is 39.4 Å². The second-order valence-corrected chi connectivity index (χ2v) is 9.48. The molecule has 0 unspecified atom stereocenters. The van der Waals surface area contributed by atoms with Gasteiger partial charge in [0.2, 0.25) is 0 Å². The van der Waals surface area contributed by atoms with Gasteiger partial charge in [-0.2, -0.15) is 0 Å². The highest BCUT2D eigenvalue weighted by molar-refractivity contribution is 5.76. The molecular weight excluding hydrogens is 378 g/mol. The molecule has 0 amide bonds. The van der Waals surface area contributed by atoms with Crippen LogP contribution in [0.4, 0.5) is 0 Å². The normalized spacial score (nSPS) is 32.7. The highest BCUT2D eigenvalue weighted by Gasteiger charge is 2.51. The van der Waals surface area contributed by atoms with E-state index in [1.165, 1.54) is 24.8 Å². The van der Waals surface area contributed by atoms with Crippen molar-refractivity contribution in [2.75, 3.05) is 27.3 Å². The lowest BCUT2D eigenvalue weighted by Gasteiger charge is -2.46. The quantitative estimate of drug-likeness (QED) is 0.413. The van der Waals surface area contributed by atoms with Gasteiger partial charge in [0.15, 0.2) is 11.5 Å². The van der Waals surface area contributed by atoms with Crippen molar-refractivity contribution in [2.24, 2.45) is 23.2 Å². The fourth-order valence-corrected chi connectivity index (χ4v) is 5.81. The highest BCUT2D eigenvalue weighted by Crippen LogP contribution is 2.53. The van der Waals surface area contributed by atoms with Gasteiger partial charge in [0.25, 0.3) is 0 Å². The number of benzene rings is 1. The average Bonchev–Trinajstić information content (AvgIpc) is 3.03. The highest BCUT2D eigenvalue weighted by atomic mass is 16.6. The zero-order valence-electron chi connectivity index (χ0n) is 18.7. The third-order valence-electron chi connectivity index (χ3n) is 7.48. The first-order chi connectivity index (χ1) is 14.4. The monoisotopic (exact) mass is 413 g/mol. The molecular formula is C25H35NO4. The third kappa shape index (κ3) is 3.96. The zero-order valence-corrected chi connectivity index (χ0v) is 18.7. The van der Waals surface area contributed by atoms with Crippen molar-refractivity contribution < 1.29 is 19.0 Å². The van der Waals surface area contributed by atoms with Crippen LogP contribution >= 0.6 is 0 Å². The van der Waals surface area contributed by atoms with Crippen LogP contribution in [0.1, 0.15) is 45.1 Å². The van der Waals surface area contributed by atoms with E-state index in [9.17, 15) is 4.79 Å². The summed E-state index contributed by atoms with van der Waals surface area (Å²) in [5.74, 6) is 2.22. The van der Waals surface area contributed by atoms with Crippen molar-refractivity contribution in [2.45, 2.75) is 52.1 Å². The number of hydrogen-bond acceptors (Lipinski definition) is 5. The Balaban J connectivity index is 1.36. The van der Waals surface area contributed by atoms with Crippen molar-refractivity contribution in [3.63, 3.8) is 0 Å². The predicted octanol–water partition coefficient (Wildman–Crippen LogP) is 4.15. The first kappa shape index (κ1) is 21.2. The molecule has 0 aromatic heterocycles. The molecule has 1 aromatic carbocycles. The number of ether oxygens (including phenoxy) is 3. The first-order valence-electron chi connectivity index (χ1n) is 11.3. The topological polar surface area (TPSA) is 56.8 Å². The Kier molecular flexibility index (Phi) is 6.10. The van der Waals surface area contributed by atoms with E-state index in [1.807, 2.05) is 12.1 Å². The van der Waals surface area contributed by atoms with E-state index < -0.39 is 0 Å². The van der Waals surface area contributed by atoms with Crippen molar-refractivity contribution in [3.05, 3.63) is 35.4 Å². The number of carbonyl (C=O) groups excluding carboxylic acids is 1. The molecule has 5 atom stereocenters. The Hall–Kier alpha value is -2.01. The first-order valence-corrected chi connectivity index (χ1v) is 11.3. The minimum Gasteiger partial charge on any atom is -0.493 e. The second kappa shape index (κ2) is 8.62. The van der Waals surface area contributed by atoms with E-state index in [0.717, 1.165) is 30.9 Å². The molecule has 3 aliphatic rings. The standard InChI is InChI=1S/C25H35NO4/c1-16-6-5-10-25(2)14-23-18(13-20(16)25)19(24(27)30-23)15-26-11-9-17-7-8-21(28-3)22(12-17)29-4/h7-8,12-13,16,18-19,23,26H,5-6,9-11,14-15H2,1-4H3/t16-,18+,19+,23-,25+/m1/s1. The Morgan fingerprint density at radius 2 is 2.03 bits per heavy atom. The molecule has 5 heteroatoms. The smallest absolute Gasteiger partial charge is 0.311 e. The summed E-state index contributed by atoms with van der Waals surface area (Å²) in [7, 11) is 3.29. The molecule has 2 fully saturated rings. The van der Waals surface area contributed by atoms with Crippen molar-refractivity contribution in [1.29, 1.82) is 0 Å². The van der Waals surface area contributed by atoms with E-state index in [4.69, 9.17) is 14.2 Å². The summed E-state index contributed by atoms with van der Waals surface area (Å²) in [6.07, 6.45) is 8.09. The molecule has 1 aromatic rings. The molecule has 0 radical (unpaired) electrons. The zero-order chi connectivity index (χ0) is 21.3. The van der Waals surface area contributed by atoms with Gasteiger partial charge in [-0.3, -0.25) is 4.79 Å². The summed E-state index contributed by atoms with van der Waals surface area (Å²) in [5, 5.41) is 3.50. The Morgan fingerprint density at radius 3 is 2.80 bits per heavy atom. The molecule has 1 saturated heterocycles. The van der Waals surface area contributed by atoms with Crippen LogP contribution in [-0.2, 0) is 16.0 Å².